The van der Waals surface area contributed by atoms with Crippen LogP contribution in [0.5, 0.6) is 0 Å². The number of benzene rings is 2. The van der Waals surface area contributed by atoms with Gasteiger partial charge in [-0.2, -0.15) is 0 Å². The predicted octanol–water partition coefficient (Wildman–Crippen LogP) is 3.85. The molecular formula is C19H18ClN3O2. The molecule has 3 rings (SSSR count). The highest BCUT2D eigenvalue weighted by atomic mass is 35.5. The van der Waals surface area contributed by atoms with E-state index in [1.54, 1.807) is 24.3 Å². The Morgan fingerprint density at radius 3 is 2.88 bits per heavy atom. The van der Waals surface area contributed by atoms with Crippen LogP contribution < -0.4 is 10.9 Å². The van der Waals surface area contributed by atoms with E-state index >= 15 is 0 Å². The first-order valence-corrected chi connectivity index (χ1v) is 8.44. The van der Waals surface area contributed by atoms with Gasteiger partial charge < -0.3 is 10.3 Å². The third-order valence-corrected chi connectivity index (χ3v) is 4.19. The summed E-state index contributed by atoms with van der Waals surface area (Å²) in [5.74, 6) is 0.504. The lowest BCUT2D eigenvalue weighted by atomic mass is 10.1. The lowest BCUT2D eigenvalue weighted by Crippen LogP contribution is -2.14. The van der Waals surface area contributed by atoms with Gasteiger partial charge in [0.05, 0.1) is 10.9 Å². The molecule has 128 valence electrons. The number of carbonyl (C=O) groups is 1. The quantitative estimate of drug-likeness (QED) is 0.730. The molecule has 0 atom stereocenters. The van der Waals surface area contributed by atoms with Gasteiger partial charge in [0.1, 0.15) is 5.82 Å². The molecule has 25 heavy (non-hydrogen) atoms. The van der Waals surface area contributed by atoms with E-state index in [-0.39, 0.29) is 11.5 Å². The number of halogens is 1. The van der Waals surface area contributed by atoms with E-state index < -0.39 is 0 Å². The zero-order chi connectivity index (χ0) is 17.8. The van der Waals surface area contributed by atoms with Gasteiger partial charge in [-0.15, -0.1) is 0 Å². The van der Waals surface area contributed by atoms with Crippen LogP contribution in [0.25, 0.3) is 10.9 Å². The third-order valence-electron chi connectivity index (χ3n) is 3.95. The summed E-state index contributed by atoms with van der Waals surface area (Å²) < 4.78 is 0. The average molecular weight is 356 g/mol. The number of hydrogen-bond donors (Lipinski definition) is 2. The molecule has 1 amide bonds. The van der Waals surface area contributed by atoms with E-state index in [0.717, 1.165) is 11.3 Å². The number of H-pyrrole nitrogens is 1. The van der Waals surface area contributed by atoms with Gasteiger partial charge in [-0.3, -0.25) is 9.59 Å². The Hall–Kier alpha value is -2.66. The number of hydrogen-bond acceptors (Lipinski definition) is 3. The molecule has 3 aromatic rings. The second-order valence-corrected chi connectivity index (χ2v) is 6.33. The summed E-state index contributed by atoms with van der Waals surface area (Å²) in [5.41, 5.74) is 2.19. The van der Waals surface area contributed by atoms with Crippen LogP contribution in [-0.2, 0) is 11.2 Å². The normalized spacial score (nSPS) is 10.8. The topological polar surface area (TPSA) is 74.8 Å². The first-order valence-electron chi connectivity index (χ1n) is 8.07. The van der Waals surface area contributed by atoms with Gasteiger partial charge in [0.2, 0.25) is 5.91 Å². The van der Waals surface area contributed by atoms with E-state index in [1.807, 2.05) is 25.1 Å². The van der Waals surface area contributed by atoms with Crippen LogP contribution in [0.3, 0.4) is 0 Å². The van der Waals surface area contributed by atoms with Gasteiger partial charge >= 0.3 is 0 Å². The molecule has 0 spiro atoms. The van der Waals surface area contributed by atoms with Crippen molar-refractivity contribution >= 4 is 34.1 Å². The van der Waals surface area contributed by atoms with Crippen molar-refractivity contribution in [3.63, 3.8) is 0 Å². The zero-order valence-electron chi connectivity index (χ0n) is 13.8. The Kier molecular flexibility index (Phi) is 5.14. The molecule has 0 aliphatic carbocycles. The Bertz CT molecular complexity index is 982. The Labute approximate surface area is 150 Å². The molecule has 1 aromatic heterocycles. The molecule has 0 aliphatic rings. The number of carbonyl (C=O) groups excluding carboxylic acids is 1. The van der Waals surface area contributed by atoms with E-state index in [4.69, 9.17) is 11.6 Å². The van der Waals surface area contributed by atoms with Crippen LogP contribution in [0.1, 0.15) is 24.2 Å². The molecule has 2 N–H and O–H groups in total. The Morgan fingerprint density at radius 1 is 1.24 bits per heavy atom. The van der Waals surface area contributed by atoms with Crippen LogP contribution >= 0.6 is 11.6 Å². The number of amides is 1. The molecule has 0 saturated carbocycles. The lowest BCUT2D eigenvalue weighted by Gasteiger charge is -2.09. The minimum atomic E-state index is -0.153. The monoisotopic (exact) mass is 355 g/mol. The molecule has 0 fully saturated rings. The standard InChI is InChI=1S/C19H18ClN3O2/c1-12-9-10-13(20)11-16(12)22-18(24)8-4-7-17-21-15-6-3-2-5-14(15)19(25)23-17/h2-3,5-6,9-11H,4,7-8H2,1H3,(H,22,24)(H,21,23,25). The summed E-state index contributed by atoms with van der Waals surface area (Å²) in [5, 5.41) is 4.01. The van der Waals surface area contributed by atoms with Crippen LogP contribution in [-0.4, -0.2) is 15.9 Å². The minimum absolute atomic E-state index is 0.0893. The molecule has 0 radical (unpaired) electrons. The van der Waals surface area contributed by atoms with Gasteiger partial charge in [0, 0.05) is 23.6 Å². The summed E-state index contributed by atoms with van der Waals surface area (Å²) >= 11 is 5.95. The van der Waals surface area contributed by atoms with Gasteiger partial charge in [-0.25, -0.2) is 4.98 Å². The fourth-order valence-corrected chi connectivity index (χ4v) is 2.78. The number of rotatable bonds is 5. The number of anilines is 1. The van der Waals surface area contributed by atoms with E-state index in [1.165, 1.54) is 0 Å². The highest BCUT2D eigenvalue weighted by Crippen LogP contribution is 2.20. The van der Waals surface area contributed by atoms with E-state index in [9.17, 15) is 9.59 Å². The number of nitrogens with zero attached hydrogens (tertiary/aromatic N) is 1. The Balaban J connectivity index is 1.60. The van der Waals surface area contributed by atoms with Gasteiger partial charge in [0.25, 0.3) is 5.56 Å². The molecule has 0 unspecified atom stereocenters. The number of nitrogens with one attached hydrogen (secondary N) is 2. The second-order valence-electron chi connectivity index (χ2n) is 5.89. The van der Waals surface area contributed by atoms with Gasteiger partial charge in [0.15, 0.2) is 0 Å². The molecule has 0 aliphatic heterocycles. The van der Waals surface area contributed by atoms with Crippen LogP contribution in [0.2, 0.25) is 5.02 Å². The van der Waals surface area contributed by atoms with Gasteiger partial charge in [-0.05, 0) is 43.2 Å². The maximum Gasteiger partial charge on any atom is 0.258 e. The maximum atomic E-state index is 12.1. The van der Waals surface area contributed by atoms with Crippen molar-refractivity contribution in [3.8, 4) is 0 Å². The molecule has 2 aromatic carbocycles. The average Bonchev–Trinajstić information content (AvgIpc) is 2.58. The Morgan fingerprint density at radius 2 is 2.04 bits per heavy atom. The number of para-hydroxylation sites is 1. The molecular weight excluding hydrogens is 338 g/mol. The third kappa shape index (κ3) is 4.25. The number of fused-ring (bicyclic) bond motifs is 1. The molecule has 0 saturated heterocycles. The maximum absolute atomic E-state index is 12.1. The van der Waals surface area contributed by atoms with E-state index in [0.29, 0.717) is 41.0 Å². The lowest BCUT2D eigenvalue weighted by molar-refractivity contribution is -0.116. The van der Waals surface area contributed by atoms with Crippen LogP contribution in [0.15, 0.2) is 47.3 Å². The first kappa shape index (κ1) is 17.2. The highest BCUT2D eigenvalue weighted by Gasteiger charge is 2.07. The smallest absolute Gasteiger partial charge is 0.258 e. The van der Waals surface area contributed by atoms with Crippen molar-refractivity contribution in [1.82, 2.24) is 9.97 Å². The van der Waals surface area contributed by atoms with Gasteiger partial charge in [-0.1, -0.05) is 29.8 Å². The zero-order valence-corrected chi connectivity index (χ0v) is 14.6. The van der Waals surface area contributed by atoms with Crippen molar-refractivity contribution < 1.29 is 4.79 Å². The fourth-order valence-electron chi connectivity index (χ4n) is 2.61. The molecule has 6 heteroatoms. The molecule has 0 bridgehead atoms. The summed E-state index contributed by atoms with van der Waals surface area (Å²) in [6.45, 7) is 1.91. The van der Waals surface area contributed by atoms with Crippen molar-refractivity contribution in [2.45, 2.75) is 26.2 Å². The number of aromatic amines is 1. The number of aryl methyl sites for hydroxylation is 2. The molecule has 1 heterocycles. The SMILES string of the molecule is Cc1ccc(Cl)cc1NC(=O)CCCc1nc2ccccc2c(=O)[nH]1. The summed E-state index contributed by atoms with van der Waals surface area (Å²) in [6.07, 6.45) is 1.46. The van der Waals surface area contributed by atoms with Crippen molar-refractivity contribution in [3.05, 3.63) is 69.2 Å². The van der Waals surface area contributed by atoms with Crippen molar-refractivity contribution in [1.29, 1.82) is 0 Å². The summed E-state index contributed by atoms with van der Waals surface area (Å²) in [6, 6.07) is 12.6. The fraction of sp³-hybridized carbons (Fsp3) is 0.211. The minimum Gasteiger partial charge on any atom is -0.326 e. The van der Waals surface area contributed by atoms with Crippen molar-refractivity contribution in [2.24, 2.45) is 0 Å². The van der Waals surface area contributed by atoms with Crippen LogP contribution in [0, 0.1) is 6.92 Å². The predicted molar refractivity (Wildman–Crippen MR) is 100 cm³/mol. The number of aromatic nitrogens is 2. The second kappa shape index (κ2) is 7.49. The first-order chi connectivity index (χ1) is 12.0. The van der Waals surface area contributed by atoms with Crippen molar-refractivity contribution in [2.75, 3.05) is 5.32 Å². The summed E-state index contributed by atoms with van der Waals surface area (Å²) in [4.78, 5) is 31.3. The molecule has 5 nitrogen and oxygen atoms in total. The van der Waals surface area contributed by atoms with E-state index in [2.05, 4.69) is 15.3 Å². The highest BCUT2D eigenvalue weighted by molar-refractivity contribution is 6.31. The largest absolute Gasteiger partial charge is 0.326 e. The summed E-state index contributed by atoms with van der Waals surface area (Å²) in [7, 11) is 0. The van der Waals surface area contributed by atoms with Crippen LogP contribution in [0.4, 0.5) is 5.69 Å².